The predicted molar refractivity (Wildman–Crippen MR) is 134 cm³/mol. The molecule has 6 nitrogen and oxygen atoms in total. The molecule has 33 heavy (non-hydrogen) atoms. The second-order valence-electron chi connectivity index (χ2n) is 7.16. The molecule has 1 heterocycles. The van der Waals surface area contributed by atoms with Crippen molar-refractivity contribution in [1.29, 1.82) is 0 Å². The van der Waals surface area contributed by atoms with Crippen molar-refractivity contribution in [2.24, 2.45) is 0 Å². The third-order valence-corrected chi connectivity index (χ3v) is 5.68. The van der Waals surface area contributed by atoms with Gasteiger partial charge in [-0.15, -0.1) is 23.2 Å². The van der Waals surface area contributed by atoms with E-state index in [0.29, 0.717) is 21.3 Å². The average Bonchev–Trinajstić information content (AvgIpc) is 2.68. The van der Waals surface area contributed by atoms with Gasteiger partial charge in [0.15, 0.2) is 0 Å². The van der Waals surface area contributed by atoms with E-state index in [2.05, 4.69) is 15.6 Å². The fourth-order valence-electron chi connectivity index (χ4n) is 3.10. The molecule has 0 fully saturated rings. The maximum Gasteiger partial charge on any atom is 0.272 e. The number of rotatable bonds is 6. The summed E-state index contributed by atoms with van der Waals surface area (Å²) in [5.74, 6) is -2.15. The van der Waals surface area contributed by atoms with Crippen LogP contribution in [0.1, 0.15) is 28.9 Å². The molecule has 1 aromatic heterocycles. The third kappa shape index (κ3) is 6.65. The Bertz CT molecular complexity index is 1250. The van der Waals surface area contributed by atoms with Gasteiger partial charge in [0.25, 0.3) is 5.91 Å². The van der Waals surface area contributed by atoms with Crippen LogP contribution in [-0.4, -0.2) is 21.1 Å². The van der Waals surface area contributed by atoms with Crippen LogP contribution < -0.4 is 16.2 Å². The Morgan fingerprint density at radius 2 is 1.61 bits per heavy atom. The van der Waals surface area contributed by atoms with Crippen molar-refractivity contribution in [3.63, 3.8) is 0 Å². The van der Waals surface area contributed by atoms with Gasteiger partial charge in [0, 0.05) is 21.8 Å². The quantitative estimate of drug-likeness (QED) is 0.308. The summed E-state index contributed by atoms with van der Waals surface area (Å²) in [6.07, 6.45) is 0. The summed E-state index contributed by atoms with van der Waals surface area (Å²) in [4.78, 5) is 39.5. The number of carbonyl (C=O) groups excluding carboxylic acids is 2. The molecule has 1 atom stereocenters. The number of H-pyrrole nitrogens is 1. The Kier molecular flexibility index (Phi) is 7.98. The molecule has 0 spiro atoms. The van der Waals surface area contributed by atoms with Gasteiger partial charge in [0.1, 0.15) is 10.0 Å². The number of benzene rings is 2. The number of alkyl halides is 2. The molecule has 0 aliphatic carbocycles. The third-order valence-electron chi connectivity index (χ3n) is 4.48. The first-order valence-electron chi connectivity index (χ1n) is 9.39. The Labute approximate surface area is 214 Å². The Morgan fingerprint density at radius 3 is 2.21 bits per heavy atom. The van der Waals surface area contributed by atoms with Crippen LogP contribution in [0.4, 0.5) is 11.4 Å². The van der Waals surface area contributed by atoms with Crippen molar-refractivity contribution in [3.05, 3.63) is 91.3 Å². The highest BCUT2D eigenvalue weighted by Crippen LogP contribution is 2.40. The van der Waals surface area contributed by atoms with Crippen molar-refractivity contribution in [1.82, 2.24) is 4.98 Å². The number of amides is 2. The first-order chi connectivity index (χ1) is 15.4. The highest BCUT2D eigenvalue weighted by Gasteiger charge is 2.37. The van der Waals surface area contributed by atoms with E-state index in [1.165, 1.54) is 43.3 Å². The average molecular weight is 548 g/mol. The van der Waals surface area contributed by atoms with Crippen LogP contribution in [0.5, 0.6) is 0 Å². The number of aromatic nitrogens is 1. The molecule has 2 aromatic carbocycles. The molecule has 3 aromatic rings. The van der Waals surface area contributed by atoms with E-state index in [0.717, 1.165) is 0 Å². The second kappa shape index (κ2) is 10.4. The first kappa shape index (κ1) is 25.4. The van der Waals surface area contributed by atoms with Crippen LogP contribution >= 0.6 is 58.0 Å². The van der Waals surface area contributed by atoms with Gasteiger partial charge < -0.3 is 15.6 Å². The number of carbonyl (C=O) groups is 2. The van der Waals surface area contributed by atoms with Crippen molar-refractivity contribution >= 4 is 81.2 Å². The number of halogens is 5. The van der Waals surface area contributed by atoms with Gasteiger partial charge in [0.2, 0.25) is 11.5 Å². The van der Waals surface area contributed by atoms with Crippen molar-refractivity contribution in [3.8, 4) is 0 Å². The highest BCUT2D eigenvalue weighted by atomic mass is 35.5. The molecular formula is C22H16Cl5N3O3. The molecule has 3 rings (SSSR count). The lowest BCUT2D eigenvalue weighted by molar-refractivity contribution is -0.117. The SMILES string of the molecule is CC(Cl)(Cl)C(C(=O)Nc1ccc(Cl)c(NC(=O)c2cccc(=O)[nH]2)c1)c1cc(Cl)cc(Cl)c1. The summed E-state index contributed by atoms with van der Waals surface area (Å²) >= 11 is 31.0. The summed E-state index contributed by atoms with van der Waals surface area (Å²) in [6, 6.07) is 13.3. The minimum atomic E-state index is -1.50. The standard InChI is InChI=1S/C22H16Cl5N3O3/c1-22(26,27)19(11-7-12(23)9-13(24)8-11)21(33)28-14-5-6-15(25)17(10-14)30-20(32)16-3-2-4-18(31)29-16/h2-10,19H,1H3,(H,28,33)(H,29,31)(H,30,32). The summed E-state index contributed by atoms with van der Waals surface area (Å²) in [5, 5.41) is 6.17. The molecule has 172 valence electrons. The molecule has 11 heteroatoms. The zero-order chi connectivity index (χ0) is 24.3. The fourth-order valence-corrected chi connectivity index (χ4v) is 4.26. The number of hydrogen-bond acceptors (Lipinski definition) is 3. The van der Waals surface area contributed by atoms with E-state index < -0.39 is 27.6 Å². The summed E-state index contributed by atoms with van der Waals surface area (Å²) < 4.78 is -1.50. The van der Waals surface area contributed by atoms with Crippen LogP contribution in [0.3, 0.4) is 0 Å². The molecule has 3 N–H and O–H groups in total. The molecule has 0 aliphatic heterocycles. The van der Waals surface area contributed by atoms with Crippen molar-refractivity contribution < 1.29 is 9.59 Å². The molecular weight excluding hydrogens is 532 g/mol. The Balaban J connectivity index is 1.86. The van der Waals surface area contributed by atoms with Gasteiger partial charge >= 0.3 is 0 Å². The number of hydrogen-bond donors (Lipinski definition) is 3. The zero-order valence-electron chi connectivity index (χ0n) is 16.9. The Morgan fingerprint density at radius 1 is 0.939 bits per heavy atom. The van der Waals surface area contributed by atoms with Gasteiger partial charge in [0.05, 0.1) is 16.6 Å². The van der Waals surface area contributed by atoms with E-state index in [1.54, 1.807) is 18.2 Å². The summed E-state index contributed by atoms with van der Waals surface area (Å²) in [6.45, 7) is 1.48. The summed E-state index contributed by atoms with van der Waals surface area (Å²) in [7, 11) is 0. The van der Waals surface area contributed by atoms with E-state index in [-0.39, 0.29) is 16.4 Å². The molecule has 2 amide bonds. The molecule has 0 saturated carbocycles. The monoisotopic (exact) mass is 545 g/mol. The molecule has 0 bridgehead atoms. The number of nitrogens with one attached hydrogen (secondary N) is 3. The van der Waals surface area contributed by atoms with Gasteiger partial charge in [-0.2, -0.15) is 0 Å². The van der Waals surface area contributed by atoms with E-state index in [4.69, 9.17) is 58.0 Å². The number of anilines is 2. The molecule has 1 unspecified atom stereocenters. The molecule has 0 aliphatic rings. The predicted octanol–water partition coefficient (Wildman–Crippen LogP) is 6.50. The minimum absolute atomic E-state index is 0.0472. The van der Waals surface area contributed by atoms with Gasteiger partial charge in [-0.3, -0.25) is 14.4 Å². The van der Waals surface area contributed by atoms with Gasteiger partial charge in [-0.25, -0.2) is 0 Å². The molecule has 0 saturated heterocycles. The Hall–Kier alpha value is -2.22. The maximum atomic E-state index is 13.1. The zero-order valence-corrected chi connectivity index (χ0v) is 20.7. The van der Waals surface area contributed by atoms with Crippen LogP contribution in [0, 0.1) is 0 Å². The van der Waals surface area contributed by atoms with Gasteiger partial charge in [-0.1, -0.05) is 40.9 Å². The van der Waals surface area contributed by atoms with Crippen LogP contribution in [-0.2, 0) is 4.79 Å². The van der Waals surface area contributed by atoms with Crippen LogP contribution in [0.2, 0.25) is 15.1 Å². The van der Waals surface area contributed by atoms with E-state index in [1.807, 2.05) is 0 Å². The maximum absolute atomic E-state index is 13.1. The number of pyridine rings is 1. The number of aromatic amines is 1. The minimum Gasteiger partial charge on any atom is -0.325 e. The van der Waals surface area contributed by atoms with Crippen molar-refractivity contribution in [2.75, 3.05) is 10.6 Å². The van der Waals surface area contributed by atoms with Crippen LogP contribution in [0.25, 0.3) is 0 Å². The lowest BCUT2D eigenvalue weighted by Crippen LogP contribution is -2.32. The van der Waals surface area contributed by atoms with Crippen molar-refractivity contribution in [2.45, 2.75) is 17.2 Å². The summed E-state index contributed by atoms with van der Waals surface area (Å²) in [5.41, 5.74) is 0.578. The van der Waals surface area contributed by atoms with E-state index in [9.17, 15) is 14.4 Å². The molecule has 0 radical (unpaired) electrons. The lowest BCUT2D eigenvalue weighted by Gasteiger charge is -2.26. The van der Waals surface area contributed by atoms with Gasteiger partial charge in [-0.05, 0) is 55.0 Å². The van der Waals surface area contributed by atoms with Crippen LogP contribution in [0.15, 0.2) is 59.4 Å². The lowest BCUT2D eigenvalue weighted by atomic mass is 9.94. The fraction of sp³-hybridized carbons (Fsp3) is 0.136. The van der Waals surface area contributed by atoms with E-state index >= 15 is 0 Å². The largest absolute Gasteiger partial charge is 0.325 e. The normalized spacial score (nSPS) is 12.2. The smallest absolute Gasteiger partial charge is 0.272 e. The second-order valence-corrected chi connectivity index (χ2v) is 10.2. The topological polar surface area (TPSA) is 91.1 Å². The highest BCUT2D eigenvalue weighted by molar-refractivity contribution is 6.50. The first-order valence-corrected chi connectivity index (χ1v) is 11.3.